The monoisotopic (exact) mass is 485 g/mol. The first-order valence-corrected chi connectivity index (χ1v) is 11.8. The van der Waals surface area contributed by atoms with Crippen molar-refractivity contribution >= 4 is 29.4 Å². The molecule has 1 fully saturated rings. The van der Waals surface area contributed by atoms with Crippen molar-refractivity contribution in [3.8, 4) is 23.0 Å². The number of hydrogen-bond acceptors (Lipinski definition) is 6. The molecule has 2 aromatic carbocycles. The molecular weight excluding hydrogens is 458 g/mol. The van der Waals surface area contributed by atoms with Gasteiger partial charge in [0.1, 0.15) is 13.2 Å². The number of ether oxygens (including phenoxy) is 4. The third-order valence-corrected chi connectivity index (χ3v) is 6.24. The number of piperidine rings is 1. The average molecular weight is 486 g/mol. The van der Waals surface area contributed by atoms with Crippen LogP contribution < -0.4 is 18.9 Å². The Kier molecular flexibility index (Phi) is 7.63. The Bertz CT molecular complexity index is 1090. The van der Waals surface area contributed by atoms with Gasteiger partial charge >= 0.3 is 0 Å². The number of fused-ring (bicyclic) bond motifs is 1. The van der Waals surface area contributed by atoms with Gasteiger partial charge in [0.2, 0.25) is 5.91 Å². The lowest BCUT2D eigenvalue weighted by Crippen LogP contribution is -2.39. The molecule has 0 N–H and O–H groups in total. The van der Waals surface area contributed by atoms with Gasteiger partial charge in [-0.2, -0.15) is 0 Å². The number of carbonyl (C=O) groups is 2. The number of ketones is 1. The van der Waals surface area contributed by atoms with Crippen LogP contribution in [0.3, 0.4) is 0 Å². The van der Waals surface area contributed by atoms with E-state index in [4.69, 9.17) is 30.5 Å². The quantitative estimate of drug-likeness (QED) is 0.419. The molecule has 7 nitrogen and oxygen atoms in total. The van der Waals surface area contributed by atoms with Crippen molar-refractivity contribution in [3.63, 3.8) is 0 Å². The van der Waals surface area contributed by atoms with Gasteiger partial charge in [-0.25, -0.2) is 0 Å². The zero-order chi connectivity index (χ0) is 24.1. The van der Waals surface area contributed by atoms with E-state index in [1.165, 1.54) is 13.2 Å². The van der Waals surface area contributed by atoms with E-state index in [9.17, 15) is 9.59 Å². The van der Waals surface area contributed by atoms with Crippen molar-refractivity contribution in [3.05, 3.63) is 52.6 Å². The topological polar surface area (TPSA) is 74.3 Å². The van der Waals surface area contributed by atoms with Crippen LogP contribution in [-0.2, 0) is 4.79 Å². The van der Waals surface area contributed by atoms with Crippen LogP contribution in [0.4, 0.5) is 0 Å². The number of hydrogen-bond donors (Lipinski definition) is 0. The molecule has 0 unspecified atom stereocenters. The maximum Gasteiger partial charge on any atom is 0.246 e. The molecule has 0 radical (unpaired) electrons. The number of halogens is 1. The van der Waals surface area contributed by atoms with E-state index in [0.717, 1.165) is 5.56 Å². The summed E-state index contributed by atoms with van der Waals surface area (Å²) in [5.41, 5.74) is 1.36. The highest BCUT2D eigenvalue weighted by atomic mass is 35.5. The van der Waals surface area contributed by atoms with Crippen LogP contribution in [0.2, 0.25) is 5.02 Å². The summed E-state index contributed by atoms with van der Waals surface area (Å²) in [6.07, 6.45) is 4.48. The first-order chi connectivity index (χ1) is 16.5. The van der Waals surface area contributed by atoms with E-state index in [1.54, 1.807) is 41.3 Å². The summed E-state index contributed by atoms with van der Waals surface area (Å²) in [6.45, 7) is 4.39. The molecule has 2 aliphatic heterocycles. The van der Waals surface area contributed by atoms with Crippen LogP contribution in [-0.4, -0.2) is 56.6 Å². The van der Waals surface area contributed by atoms with Gasteiger partial charge in [-0.05, 0) is 61.7 Å². The second-order valence-corrected chi connectivity index (χ2v) is 8.53. The SMILES string of the molecule is CCOc1cc(C=CC(=O)N2CCC(C(=O)c3ccc4c(c3)OCCO4)CC2)cc(Cl)c1OC. The standard InChI is InChI=1S/C26H28ClNO6/c1-3-32-23-15-17(14-20(27)26(23)31-2)4-7-24(29)28-10-8-18(9-11-28)25(30)19-5-6-21-22(16-19)34-13-12-33-21/h4-7,14-16,18H,3,8-13H2,1-2H3. The lowest BCUT2D eigenvalue weighted by molar-refractivity contribution is -0.127. The van der Waals surface area contributed by atoms with Crippen LogP contribution in [0.1, 0.15) is 35.7 Å². The van der Waals surface area contributed by atoms with Gasteiger partial charge in [-0.15, -0.1) is 0 Å². The fraction of sp³-hybridized carbons (Fsp3) is 0.385. The smallest absolute Gasteiger partial charge is 0.246 e. The van der Waals surface area contributed by atoms with Gasteiger partial charge in [-0.3, -0.25) is 9.59 Å². The van der Waals surface area contributed by atoms with Crippen molar-refractivity contribution in [2.45, 2.75) is 19.8 Å². The summed E-state index contributed by atoms with van der Waals surface area (Å²) in [5, 5.41) is 0.416. The summed E-state index contributed by atoms with van der Waals surface area (Å²) < 4.78 is 22.0. The van der Waals surface area contributed by atoms with Gasteiger partial charge in [0.25, 0.3) is 0 Å². The fourth-order valence-electron chi connectivity index (χ4n) is 4.21. The van der Waals surface area contributed by atoms with E-state index >= 15 is 0 Å². The number of likely N-dealkylation sites (tertiary alicyclic amines) is 1. The number of benzene rings is 2. The molecule has 34 heavy (non-hydrogen) atoms. The first-order valence-electron chi connectivity index (χ1n) is 11.4. The number of Topliss-reactive ketones (excluding diaryl/α,β-unsaturated/α-hetero) is 1. The molecule has 1 amide bonds. The Hall–Kier alpha value is -3.19. The van der Waals surface area contributed by atoms with Gasteiger partial charge in [0.05, 0.1) is 18.7 Å². The molecule has 2 aromatic rings. The van der Waals surface area contributed by atoms with Gasteiger partial charge in [0, 0.05) is 30.6 Å². The molecule has 0 atom stereocenters. The molecule has 1 saturated heterocycles. The molecule has 0 aromatic heterocycles. The molecule has 8 heteroatoms. The normalized spacial score (nSPS) is 15.9. The van der Waals surface area contributed by atoms with Crippen molar-refractivity contribution < 1.29 is 28.5 Å². The van der Waals surface area contributed by atoms with Gasteiger partial charge in [0.15, 0.2) is 28.8 Å². The van der Waals surface area contributed by atoms with Gasteiger partial charge in [-0.1, -0.05) is 11.6 Å². The summed E-state index contributed by atoms with van der Waals surface area (Å²) >= 11 is 6.29. The first kappa shape index (κ1) is 24.0. The van der Waals surface area contributed by atoms with Gasteiger partial charge < -0.3 is 23.8 Å². The molecule has 4 rings (SSSR count). The Morgan fingerprint density at radius 3 is 2.56 bits per heavy atom. The zero-order valence-electron chi connectivity index (χ0n) is 19.3. The maximum atomic E-state index is 13.0. The summed E-state index contributed by atoms with van der Waals surface area (Å²) in [4.78, 5) is 27.5. The Labute approximate surface area is 204 Å². The third kappa shape index (κ3) is 5.30. The predicted molar refractivity (Wildman–Crippen MR) is 129 cm³/mol. The largest absolute Gasteiger partial charge is 0.491 e. The molecule has 0 bridgehead atoms. The molecule has 0 spiro atoms. The fourth-order valence-corrected chi connectivity index (χ4v) is 4.51. The summed E-state index contributed by atoms with van der Waals surface area (Å²) in [6, 6.07) is 8.84. The molecule has 180 valence electrons. The molecule has 2 aliphatic rings. The van der Waals surface area contributed by atoms with E-state index in [-0.39, 0.29) is 17.6 Å². The summed E-state index contributed by atoms with van der Waals surface area (Å²) in [7, 11) is 1.53. The molecular formula is C26H28ClNO6. The number of rotatable bonds is 7. The van der Waals surface area contributed by atoms with E-state index in [0.29, 0.717) is 79.3 Å². The van der Waals surface area contributed by atoms with Crippen LogP contribution in [0.5, 0.6) is 23.0 Å². The Balaban J connectivity index is 1.35. The average Bonchev–Trinajstić information content (AvgIpc) is 2.86. The number of nitrogens with zero attached hydrogens (tertiary/aromatic N) is 1. The number of methoxy groups -OCH3 is 1. The van der Waals surface area contributed by atoms with Crippen LogP contribution in [0.15, 0.2) is 36.4 Å². The second kappa shape index (κ2) is 10.8. The lowest BCUT2D eigenvalue weighted by Gasteiger charge is -2.30. The van der Waals surface area contributed by atoms with Crippen molar-refractivity contribution in [1.29, 1.82) is 0 Å². The highest BCUT2D eigenvalue weighted by Crippen LogP contribution is 2.37. The maximum absolute atomic E-state index is 13.0. The van der Waals surface area contributed by atoms with E-state index in [1.807, 2.05) is 6.92 Å². The van der Waals surface area contributed by atoms with Crippen molar-refractivity contribution in [1.82, 2.24) is 4.90 Å². The Morgan fingerprint density at radius 1 is 1.12 bits per heavy atom. The van der Waals surface area contributed by atoms with Crippen molar-refractivity contribution in [2.75, 3.05) is 40.0 Å². The third-order valence-electron chi connectivity index (χ3n) is 5.96. The zero-order valence-corrected chi connectivity index (χ0v) is 20.1. The minimum absolute atomic E-state index is 0.0796. The highest BCUT2D eigenvalue weighted by Gasteiger charge is 2.28. The van der Waals surface area contributed by atoms with E-state index in [2.05, 4.69) is 0 Å². The molecule has 2 heterocycles. The number of carbonyl (C=O) groups excluding carboxylic acids is 2. The number of amides is 1. The predicted octanol–water partition coefficient (Wildman–Crippen LogP) is 4.65. The van der Waals surface area contributed by atoms with E-state index < -0.39 is 0 Å². The Morgan fingerprint density at radius 2 is 1.85 bits per heavy atom. The van der Waals surface area contributed by atoms with Crippen molar-refractivity contribution in [2.24, 2.45) is 5.92 Å². The lowest BCUT2D eigenvalue weighted by atomic mass is 9.88. The van der Waals surface area contributed by atoms with Crippen LogP contribution in [0.25, 0.3) is 6.08 Å². The molecule has 0 saturated carbocycles. The molecule has 0 aliphatic carbocycles. The summed E-state index contributed by atoms with van der Waals surface area (Å²) in [5.74, 6) is 2.14. The minimum Gasteiger partial charge on any atom is -0.491 e. The highest BCUT2D eigenvalue weighted by molar-refractivity contribution is 6.32. The second-order valence-electron chi connectivity index (χ2n) is 8.12. The minimum atomic E-state index is -0.121. The van der Waals surface area contributed by atoms with Crippen LogP contribution >= 0.6 is 11.6 Å². The van der Waals surface area contributed by atoms with Crippen LogP contribution in [0, 0.1) is 5.92 Å².